The normalized spacial score (nSPS) is 13.2. The first-order valence-electron chi connectivity index (χ1n) is 19.8. The van der Waals surface area contributed by atoms with Gasteiger partial charge in [-0.1, -0.05) is 76.2 Å². The van der Waals surface area contributed by atoms with Crippen LogP contribution in [-0.2, 0) is 9.16 Å². The SMILES string of the molecule is COC(=O)c1ccc(-c2c(C(C)C)n(-c3ccc(F)cc3OCCO[Si](C)(C)C(C)(C)C)c3cc4cnn(C(=O)C(C)(C)C)c4cc23)c(O[Si](C)(C)C(C)(C)C)c1. The zero-order chi connectivity index (χ0) is 42.6. The number of ether oxygens (including phenoxy) is 2. The summed E-state index contributed by atoms with van der Waals surface area (Å²) in [5, 5.41) is 6.06. The highest BCUT2D eigenvalue weighted by Crippen LogP contribution is 2.48. The molecule has 5 rings (SSSR count). The van der Waals surface area contributed by atoms with Gasteiger partial charge in [0.2, 0.25) is 0 Å². The molecule has 0 spiro atoms. The molecule has 0 saturated heterocycles. The predicted octanol–water partition coefficient (Wildman–Crippen LogP) is 12.2. The largest absolute Gasteiger partial charge is 0.543 e. The first-order valence-corrected chi connectivity index (χ1v) is 25.6. The fourth-order valence-electron chi connectivity index (χ4n) is 6.34. The lowest BCUT2D eigenvalue weighted by Crippen LogP contribution is -2.44. The molecule has 2 heterocycles. The van der Waals surface area contributed by atoms with E-state index >= 15 is 4.39 Å². The lowest BCUT2D eigenvalue weighted by Gasteiger charge is -2.37. The van der Waals surface area contributed by atoms with Crippen molar-refractivity contribution >= 4 is 50.3 Å². The molecule has 308 valence electrons. The molecule has 0 atom stereocenters. The van der Waals surface area contributed by atoms with E-state index < -0.39 is 33.8 Å². The zero-order valence-corrected chi connectivity index (χ0v) is 38.9. The van der Waals surface area contributed by atoms with Crippen LogP contribution in [0.2, 0.25) is 36.3 Å². The lowest BCUT2D eigenvalue weighted by atomic mass is 9.94. The number of benzene rings is 3. The Kier molecular flexibility index (Phi) is 11.9. The summed E-state index contributed by atoms with van der Waals surface area (Å²) >= 11 is 0. The Morgan fingerprint density at radius 1 is 0.807 bits per heavy atom. The summed E-state index contributed by atoms with van der Waals surface area (Å²) in [6.45, 7) is 32.3. The number of esters is 1. The summed E-state index contributed by atoms with van der Waals surface area (Å²) in [6.07, 6.45) is 1.71. The fraction of sp³-hybridized carbons (Fsp3) is 0.489. The van der Waals surface area contributed by atoms with Crippen LogP contribution in [0.3, 0.4) is 0 Å². The molecule has 0 N–H and O–H groups in total. The molecule has 0 unspecified atom stereocenters. The summed E-state index contributed by atoms with van der Waals surface area (Å²) in [5.41, 5.74) is 4.36. The van der Waals surface area contributed by atoms with Crippen molar-refractivity contribution in [2.24, 2.45) is 5.41 Å². The Balaban J connectivity index is 1.86. The summed E-state index contributed by atoms with van der Waals surface area (Å²) in [5.74, 6) is -0.177. The number of carbonyl (C=O) groups excluding carboxylic acids is 2. The van der Waals surface area contributed by atoms with Gasteiger partial charge in [-0.2, -0.15) is 9.78 Å². The van der Waals surface area contributed by atoms with E-state index in [2.05, 4.69) is 91.2 Å². The van der Waals surface area contributed by atoms with Crippen LogP contribution in [-0.4, -0.2) is 63.2 Å². The minimum absolute atomic E-state index is 0.0302. The Hall–Kier alpha value is -4.27. The number of hydrogen-bond acceptors (Lipinski definition) is 7. The average Bonchev–Trinajstić information content (AvgIpc) is 3.65. The van der Waals surface area contributed by atoms with Gasteiger partial charge in [-0.15, -0.1) is 0 Å². The first kappa shape index (κ1) is 43.8. The standard InChI is InChI=1S/C45H62FN3O6Si2/c1-28(2)40-39(32-19-17-29(41(50)52-12)24-37(32)55-57(15,16)45(9,10)11)33-26-35-30(27-47-49(35)42(51)43(3,4)5)23-36(33)48(40)34-20-18-31(46)25-38(34)53-21-22-54-56(13,14)44(6,7)8/h17-20,23-28H,21-22H2,1-16H3. The molecule has 0 amide bonds. The number of nitrogens with zero attached hydrogens (tertiary/aromatic N) is 3. The first-order chi connectivity index (χ1) is 26.2. The molecule has 3 aromatic carbocycles. The van der Waals surface area contributed by atoms with Crippen LogP contribution >= 0.6 is 0 Å². The van der Waals surface area contributed by atoms with Gasteiger partial charge in [0, 0.05) is 39.1 Å². The second-order valence-corrected chi connectivity index (χ2v) is 29.0. The molecule has 9 nitrogen and oxygen atoms in total. The molecule has 0 bridgehead atoms. The van der Waals surface area contributed by atoms with Crippen LogP contribution in [0.4, 0.5) is 4.39 Å². The van der Waals surface area contributed by atoms with Crippen LogP contribution in [0, 0.1) is 11.2 Å². The van der Waals surface area contributed by atoms with Gasteiger partial charge in [0.25, 0.3) is 14.2 Å². The van der Waals surface area contributed by atoms with Crippen LogP contribution in [0.5, 0.6) is 11.5 Å². The van der Waals surface area contributed by atoms with Crippen molar-refractivity contribution in [3.63, 3.8) is 0 Å². The molecule has 0 saturated carbocycles. The molecule has 0 fully saturated rings. The third-order valence-electron chi connectivity index (χ3n) is 11.7. The van der Waals surface area contributed by atoms with E-state index in [-0.39, 0.29) is 28.5 Å². The van der Waals surface area contributed by atoms with Gasteiger partial charge in [0.15, 0.2) is 8.32 Å². The highest BCUT2D eigenvalue weighted by Gasteiger charge is 2.40. The van der Waals surface area contributed by atoms with Crippen LogP contribution in [0.1, 0.15) is 103 Å². The Labute approximate surface area is 340 Å². The van der Waals surface area contributed by atoms with Crippen LogP contribution in [0.15, 0.2) is 54.7 Å². The molecule has 5 aromatic rings. The van der Waals surface area contributed by atoms with E-state index in [1.807, 2.05) is 39.0 Å². The quantitative estimate of drug-likeness (QED) is 0.0744. The fourth-order valence-corrected chi connectivity index (χ4v) is 8.39. The molecule has 57 heavy (non-hydrogen) atoms. The summed E-state index contributed by atoms with van der Waals surface area (Å²) < 4.78 is 43.9. The second-order valence-electron chi connectivity index (χ2n) is 19.4. The smallest absolute Gasteiger partial charge is 0.337 e. The van der Waals surface area contributed by atoms with E-state index in [0.29, 0.717) is 34.9 Å². The summed E-state index contributed by atoms with van der Waals surface area (Å²) in [4.78, 5) is 26.7. The minimum Gasteiger partial charge on any atom is -0.543 e. The highest BCUT2D eigenvalue weighted by molar-refractivity contribution is 6.75. The number of aromatic nitrogens is 3. The molecule has 0 aliphatic rings. The Morgan fingerprint density at radius 2 is 1.46 bits per heavy atom. The number of halogens is 1. The van der Waals surface area contributed by atoms with Crippen LogP contribution < -0.4 is 9.16 Å². The van der Waals surface area contributed by atoms with Crippen molar-refractivity contribution in [3.05, 3.63) is 71.8 Å². The maximum absolute atomic E-state index is 15.2. The van der Waals surface area contributed by atoms with Gasteiger partial charge in [0.05, 0.1) is 42.2 Å². The monoisotopic (exact) mass is 815 g/mol. The van der Waals surface area contributed by atoms with Crippen molar-refractivity contribution in [1.29, 1.82) is 0 Å². The molecule has 0 radical (unpaired) electrons. The number of carbonyl (C=O) groups is 2. The minimum atomic E-state index is -2.47. The highest BCUT2D eigenvalue weighted by atomic mass is 28.4. The Morgan fingerprint density at radius 3 is 2.04 bits per heavy atom. The van der Waals surface area contributed by atoms with Gasteiger partial charge < -0.3 is 22.9 Å². The van der Waals surface area contributed by atoms with Crippen molar-refractivity contribution in [1.82, 2.24) is 14.3 Å². The number of rotatable bonds is 11. The maximum Gasteiger partial charge on any atom is 0.337 e. The van der Waals surface area contributed by atoms with E-state index in [1.165, 1.54) is 23.9 Å². The van der Waals surface area contributed by atoms with Crippen molar-refractivity contribution in [2.75, 3.05) is 20.3 Å². The summed E-state index contributed by atoms with van der Waals surface area (Å²) in [6, 6.07) is 14.1. The van der Waals surface area contributed by atoms with E-state index in [9.17, 15) is 9.59 Å². The van der Waals surface area contributed by atoms with Crippen LogP contribution in [0.25, 0.3) is 38.6 Å². The second kappa shape index (κ2) is 15.5. The van der Waals surface area contributed by atoms with E-state index in [0.717, 1.165) is 33.1 Å². The van der Waals surface area contributed by atoms with Gasteiger partial charge in [-0.3, -0.25) is 4.79 Å². The predicted molar refractivity (Wildman–Crippen MR) is 234 cm³/mol. The van der Waals surface area contributed by atoms with Crippen molar-refractivity contribution < 1.29 is 32.3 Å². The zero-order valence-electron chi connectivity index (χ0n) is 36.9. The Bertz CT molecular complexity index is 2320. The van der Waals surface area contributed by atoms with Gasteiger partial charge in [-0.05, 0) is 84.6 Å². The maximum atomic E-state index is 15.2. The molecular formula is C45H62FN3O6Si2. The third kappa shape index (κ3) is 8.63. The lowest BCUT2D eigenvalue weighted by molar-refractivity contribution is 0.0600. The number of hydrogen-bond donors (Lipinski definition) is 0. The molecule has 2 aromatic heterocycles. The molecular weight excluding hydrogens is 754 g/mol. The molecule has 12 heteroatoms. The summed E-state index contributed by atoms with van der Waals surface area (Å²) in [7, 11) is -3.15. The van der Waals surface area contributed by atoms with Crippen molar-refractivity contribution in [3.8, 4) is 28.3 Å². The molecule has 0 aliphatic carbocycles. The van der Waals surface area contributed by atoms with E-state index in [4.69, 9.17) is 18.3 Å². The third-order valence-corrected chi connectivity index (χ3v) is 20.6. The molecule has 0 aliphatic heterocycles. The van der Waals surface area contributed by atoms with Gasteiger partial charge >= 0.3 is 5.97 Å². The number of methoxy groups -OCH3 is 1. The van der Waals surface area contributed by atoms with Gasteiger partial charge in [-0.25, -0.2) is 9.18 Å². The van der Waals surface area contributed by atoms with E-state index in [1.54, 1.807) is 24.4 Å². The number of fused-ring (bicyclic) bond motifs is 2. The van der Waals surface area contributed by atoms with Gasteiger partial charge in [0.1, 0.15) is 23.9 Å². The topological polar surface area (TPSA) is 93.8 Å². The van der Waals surface area contributed by atoms with Crippen molar-refractivity contribution in [2.45, 2.75) is 118 Å². The average molecular weight is 816 g/mol.